The SMILES string of the molecule is CCCn1c(-c2cc(Cl)ccc2C)nnc1S(N)(=O)=O. The van der Waals surface area contributed by atoms with Crippen LogP contribution >= 0.6 is 11.6 Å². The highest BCUT2D eigenvalue weighted by Gasteiger charge is 2.22. The van der Waals surface area contributed by atoms with Gasteiger partial charge in [-0.15, -0.1) is 10.2 Å². The van der Waals surface area contributed by atoms with Crippen molar-refractivity contribution in [1.82, 2.24) is 14.8 Å². The minimum atomic E-state index is -3.91. The van der Waals surface area contributed by atoms with Gasteiger partial charge in [0.15, 0.2) is 5.82 Å². The molecule has 8 heteroatoms. The molecule has 0 aliphatic rings. The molecule has 6 nitrogen and oxygen atoms in total. The fourth-order valence-corrected chi connectivity index (χ4v) is 2.77. The van der Waals surface area contributed by atoms with Crippen molar-refractivity contribution in [3.8, 4) is 11.4 Å². The lowest BCUT2D eigenvalue weighted by molar-refractivity contribution is 0.559. The molecule has 0 bridgehead atoms. The highest BCUT2D eigenvalue weighted by molar-refractivity contribution is 7.89. The lowest BCUT2D eigenvalue weighted by Crippen LogP contribution is -2.19. The Kier molecular flexibility index (Phi) is 4.12. The van der Waals surface area contributed by atoms with Gasteiger partial charge in [0.25, 0.3) is 15.2 Å². The van der Waals surface area contributed by atoms with Gasteiger partial charge in [-0.1, -0.05) is 24.6 Å². The van der Waals surface area contributed by atoms with Gasteiger partial charge in [-0.25, -0.2) is 13.6 Å². The Labute approximate surface area is 122 Å². The lowest BCUT2D eigenvalue weighted by atomic mass is 10.1. The van der Waals surface area contributed by atoms with Gasteiger partial charge in [-0.2, -0.15) is 0 Å². The van der Waals surface area contributed by atoms with Crippen molar-refractivity contribution in [3.63, 3.8) is 0 Å². The fourth-order valence-electron chi connectivity index (χ4n) is 1.96. The Bertz CT molecular complexity index is 740. The van der Waals surface area contributed by atoms with Crippen molar-refractivity contribution in [3.05, 3.63) is 28.8 Å². The monoisotopic (exact) mass is 314 g/mol. The third kappa shape index (κ3) is 2.84. The maximum atomic E-state index is 11.6. The van der Waals surface area contributed by atoms with Gasteiger partial charge in [-0.3, -0.25) is 4.57 Å². The van der Waals surface area contributed by atoms with Gasteiger partial charge < -0.3 is 0 Å². The lowest BCUT2D eigenvalue weighted by Gasteiger charge is -2.10. The number of sulfonamides is 1. The summed E-state index contributed by atoms with van der Waals surface area (Å²) in [5, 5.41) is 13.2. The molecular formula is C12H15ClN4O2S. The van der Waals surface area contributed by atoms with Crippen molar-refractivity contribution in [2.24, 2.45) is 5.14 Å². The third-order valence-electron chi connectivity index (χ3n) is 2.86. The number of hydrogen-bond acceptors (Lipinski definition) is 4. The van der Waals surface area contributed by atoms with Crippen LogP contribution in [0.1, 0.15) is 18.9 Å². The van der Waals surface area contributed by atoms with Gasteiger partial charge in [0.05, 0.1) is 0 Å². The molecule has 2 rings (SSSR count). The number of primary sulfonamides is 1. The van der Waals surface area contributed by atoms with Crippen molar-refractivity contribution in [2.45, 2.75) is 32.0 Å². The summed E-state index contributed by atoms with van der Waals surface area (Å²) in [7, 11) is -3.91. The summed E-state index contributed by atoms with van der Waals surface area (Å²) in [6, 6.07) is 5.35. The fraction of sp³-hybridized carbons (Fsp3) is 0.333. The number of nitrogens with zero attached hydrogens (tertiary/aromatic N) is 3. The van der Waals surface area contributed by atoms with Crippen LogP contribution in [-0.4, -0.2) is 23.2 Å². The Morgan fingerprint density at radius 1 is 1.35 bits per heavy atom. The van der Waals surface area contributed by atoms with Gasteiger partial charge in [0.1, 0.15) is 0 Å². The highest BCUT2D eigenvalue weighted by atomic mass is 35.5. The van der Waals surface area contributed by atoms with E-state index in [1.54, 1.807) is 12.1 Å². The predicted molar refractivity (Wildman–Crippen MR) is 76.9 cm³/mol. The van der Waals surface area contributed by atoms with Crippen LogP contribution in [0.2, 0.25) is 5.02 Å². The zero-order valence-electron chi connectivity index (χ0n) is 11.2. The molecule has 1 heterocycles. The molecule has 20 heavy (non-hydrogen) atoms. The van der Waals surface area contributed by atoms with Crippen molar-refractivity contribution in [1.29, 1.82) is 0 Å². The molecule has 0 unspecified atom stereocenters. The van der Waals surface area contributed by atoms with E-state index in [1.807, 2.05) is 19.9 Å². The minimum absolute atomic E-state index is 0.228. The zero-order chi connectivity index (χ0) is 14.9. The molecule has 0 spiro atoms. The normalized spacial score (nSPS) is 11.8. The number of nitrogens with two attached hydrogens (primary N) is 1. The maximum Gasteiger partial charge on any atom is 0.273 e. The van der Waals surface area contributed by atoms with E-state index in [0.29, 0.717) is 17.4 Å². The van der Waals surface area contributed by atoms with Gasteiger partial charge in [-0.05, 0) is 31.0 Å². The first kappa shape index (κ1) is 15.0. The van der Waals surface area contributed by atoms with Crippen LogP contribution < -0.4 is 5.14 Å². The second kappa shape index (κ2) is 5.51. The Hall–Kier alpha value is -1.44. The van der Waals surface area contributed by atoms with Crippen LogP contribution in [-0.2, 0) is 16.6 Å². The zero-order valence-corrected chi connectivity index (χ0v) is 12.7. The molecule has 0 fully saturated rings. The van der Waals surface area contributed by atoms with E-state index < -0.39 is 10.0 Å². The third-order valence-corrected chi connectivity index (χ3v) is 3.91. The van der Waals surface area contributed by atoms with Crippen LogP contribution in [0.4, 0.5) is 0 Å². The molecule has 0 radical (unpaired) electrons. The molecule has 1 aromatic carbocycles. The molecule has 1 aromatic heterocycles. The van der Waals surface area contributed by atoms with E-state index in [9.17, 15) is 8.42 Å². The standard InChI is InChI=1S/C12H15ClN4O2S/c1-3-6-17-11(15-16-12(17)20(14,18)19)10-7-9(13)5-4-8(10)2/h4-5,7H,3,6H2,1-2H3,(H2,14,18,19). The Balaban J connectivity index is 2.69. The summed E-state index contributed by atoms with van der Waals surface area (Å²) in [6.07, 6.45) is 0.729. The highest BCUT2D eigenvalue weighted by Crippen LogP contribution is 2.26. The maximum absolute atomic E-state index is 11.6. The number of rotatable bonds is 4. The number of aromatic nitrogens is 3. The van der Waals surface area contributed by atoms with Crippen LogP contribution in [0.25, 0.3) is 11.4 Å². The summed E-state index contributed by atoms with van der Waals surface area (Å²) >= 11 is 5.99. The van der Waals surface area contributed by atoms with E-state index in [0.717, 1.165) is 17.5 Å². The number of hydrogen-bond donors (Lipinski definition) is 1. The average Bonchev–Trinajstić information content (AvgIpc) is 2.76. The number of aryl methyl sites for hydroxylation is 1. The predicted octanol–water partition coefficient (Wildman–Crippen LogP) is 1.96. The van der Waals surface area contributed by atoms with E-state index in [2.05, 4.69) is 10.2 Å². The van der Waals surface area contributed by atoms with Crippen molar-refractivity contribution in [2.75, 3.05) is 0 Å². The average molecular weight is 315 g/mol. The van der Waals surface area contributed by atoms with Crippen molar-refractivity contribution < 1.29 is 8.42 Å². The molecule has 0 aliphatic heterocycles. The van der Waals surface area contributed by atoms with E-state index >= 15 is 0 Å². The molecular weight excluding hydrogens is 300 g/mol. The molecule has 108 valence electrons. The van der Waals surface area contributed by atoms with Gasteiger partial charge >= 0.3 is 0 Å². The van der Waals surface area contributed by atoms with Crippen LogP contribution in [0.15, 0.2) is 23.4 Å². The minimum Gasteiger partial charge on any atom is -0.297 e. The van der Waals surface area contributed by atoms with E-state index in [4.69, 9.17) is 16.7 Å². The van der Waals surface area contributed by atoms with Gasteiger partial charge in [0, 0.05) is 17.1 Å². The molecule has 0 atom stereocenters. The first-order valence-corrected chi connectivity index (χ1v) is 7.99. The summed E-state index contributed by atoms with van der Waals surface area (Å²) < 4.78 is 24.6. The molecule has 0 amide bonds. The first-order valence-electron chi connectivity index (χ1n) is 6.07. The van der Waals surface area contributed by atoms with Crippen molar-refractivity contribution >= 4 is 21.6 Å². The number of benzene rings is 1. The van der Waals surface area contributed by atoms with Crippen LogP contribution in [0.3, 0.4) is 0 Å². The second-order valence-corrected chi connectivity index (χ2v) is 6.35. The Morgan fingerprint density at radius 2 is 2.05 bits per heavy atom. The van der Waals surface area contributed by atoms with Crippen LogP contribution in [0.5, 0.6) is 0 Å². The topological polar surface area (TPSA) is 90.9 Å². The molecule has 2 aromatic rings. The van der Waals surface area contributed by atoms with E-state index in [1.165, 1.54) is 4.57 Å². The molecule has 0 aliphatic carbocycles. The largest absolute Gasteiger partial charge is 0.297 e. The van der Waals surface area contributed by atoms with Crippen LogP contribution in [0, 0.1) is 6.92 Å². The summed E-state index contributed by atoms with van der Waals surface area (Å²) in [6.45, 7) is 4.29. The molecule has 0 saturated heterocycles. The van der Waals surface area contributed by atoms with Gasteiger partial charge in [0.2, 0.25) is 0 Å². The Morgan fingerprint density at radius 3 is 2.65 bits per heavy atom. The quantitative estimate of drug-likeness (QED) is 0.934. The summed E-state index contributed by atoms with van der Waals surface area (Å²) in [4.78, 5) is 0. The summed E-state index contributed by atoms with van der Waals surface area (Å²) in [5.74, 6) is 0.455. The molecule has 0 saturated carbocycles. The molecule has 2 N–H and O–H groups in total. The number of halogens is 1. The smallest absolute Gasteiger partial charge is 0.273 e. The summed E-state index contributed by atoms with van der Waals surface area (Å²) in [5.41, 5.74) is 1.67. The second-order valence-electron chi connectivity index (χ2n) is 4.46. The first-order chi connectivity index (χ1) is 9.34. The van der Waals surface area contributed by atoms with E-state index in [-0.39, 0.29) is 5.16 Å².